The summed E-state index contributed by atoms with van der Waals surface area (Å²) in [5, 5.41) is 3.51. The van der Waals surface area contributed by atoms with E-state index in [4.69, 9.17) is 17.0 Å². The molecule has 1 aliphatic rings. The molecule has 1 rings (SSSR count). The predicted molar refractivity (Wildman–Crippen MR) is 98.1 cm³/mol. The first-order valence-electron chi connectivity index (χ1n) is 9.16. The molecule has 1 aliphatic heterocycles. The summed E-state index contributed by atoms with van der Waals surface area (Å²) in [5.41, 5.74) is 5.39. The van der Waals surface area contributed by atoms with Crippen LogP contribution in [0.4, 0.5) is 0 Å². The van der Waals surface area contributed by atoms with E-state index in [1.54, 1.807) is 0 Å². The van der Waals surface area contributed by atoms with Gasteiger partial charge in [-0.05, 0) is 31.5 Å². The standard InChI is InChI=1S/C17H33N3O2S/c1-2-3-4-5-6-7-8-9-12-16(21)19-20-17(23)18-14-15-11-10-13-22-15/h15H,2-14H2,1H3,(H,19,21)(H2,18,20,23). The number of hydrazine groups is 1. The van der Waals surface area contributed by atoms with Crippen LogP contribution in [0.5, 0.6) is 0 Å². The van der Waals surface area contributed by atoms with Crippen LogP contribution >= 0.6 is 12.2 Å². The van der Waals surface area contributed by atoms with E-state index in [2.05, 4.69) is 23.1 Å². The average Bonchev–Trinajstić information content (AvgIpc) is 3.07. The van der Waals surface area contributed by atoms with Crippen molar-refractivity contribution in [1.82, 2.24) is 16.2 Å². The monoisotopic (exact) mass is 343 g/mol. The van der Waals surface area contributed by atoms with Crippen molar-refractivity contribution in [2.45, 2.75) is 83.7 Å². The maximum atomic E-state index is 11.7. The lowest BCUT2D eigenvalue weighted by Crippen LogP contribution is -2.48. The van der Waals surface area contributed by atoms with Crippen LogP contribution in [0.15, 0.2) is 0 Å². The molecule has 0 aliphatic carbocycles. The molecule has 0 spiro atoms. The van der Waals surface area contributed by atoms with Gasteiger partial charge in [-0.15, -0.1) is 0 Å². The summed E-state index contributed by atoms with van der Waals surface area (Å²) in [6.45, 7) is 3.76. The number of carbonyl (C=O) groups excluding carboxylic acids is 1. The smallest absolute Gasteiger partial charge is 0.238 e. The minimum atomic E-state index is -0.00255. The van der Waals surface area contributed by atoms with Gasteiger partial charge in [0.2, 0.25) is 5.91 Å². The molecule has 1 amide bonds. The summed E-state index contributed by atoms with van der Waals surface area (Å²) in [6.07, 6.45) is 12.9. The molecule has 134 valence electrons. The van der Waals surface area contributed by atoms with E-state index in [1.165, 1.54) is 38.5 Å². The molecule has 1 unspecified atom stereocenters. The molecule has 0 radical (unpaired) electrons. The van der Waals surface area contributed by atoms with Crippen LogP contribution < -0.4 is 16.2 Å². The van der Waals surface area contributed by atoms with Crippen molar-refractivity contribution in [2.75, 3.05) is 13.2 Å². The minimum absolute atomic E-state index is 0.00255. The Kier molecular flexibility index (Phi) is 11.9. The van der Waals surface area contributed by atoms with Crippen LogP contribution in [0, 0.1) is 0 Å². The Morgan fingerprint density at radius 1 is 1.09 bits per heavy atom. The molecule has 0 aromatic carbocycles. The molecular formula is C17H33N3O2S. The van der Waals surface area contributed by atoms with Gasteiger partial charge in [-0.3, -0.25) is 15.6 Å². The zero-order valence-electron chi connectivity index (χ0n) is 14.5. The Bertz CT molecular complexity index is 334. The molecule has 1 fully saturated rings. The number of unbranched alkanes of at least 4 members (excludes halogenated alkanes) is 7. The third kappa shape index (κ3) is 11.3. The molecule has 23 heavy (non-hydrogen) atoms. The molecule has 0 saturated carbocycles. The fraction of sp³-hybridized carbons (Fsp3) is 0.882. The normalized spacial score (nSPS) is 17.0. The zero-order chi connectivity index (χ0) is 16.8. The second-order valence-corrected chi connectivity index (χ2v) is 6.65. The molecule has 1 atom stereocenters. The number of nitrogens with one attached hydrogen (secondary N) is 3. The minimum Gasteiger partial charge on any atom is -0.376 e. The summed E-state index contributed by atoms with van der Waals surface area (Å²) in [7, 11) is 0. The van der Waals surface area contributed by atoms with Gasteiger partial charge in [0.1, 0.15) is 0 Å². The number of carbonyl (C=O) groups is 1. The lowest BCUT2D eigenvalue weighted by atomic mass is 10.1. The van der Waals surface area contributed by atoms with Crippen molar-refractivity contribution in [1.29, 1.82) is 0 Å². The largest absolute Gasteiger partial charge is 0.376 e. The van der Waals surface area contributed by atoms with Crippen molar-refractivity contribution in [2.24, 2.45) is 0 Å². The van der Waals surface area contributed by atoms with Gasteiger partial charge in [0.15, 0.2) is 5.11 Å². The maximum Gasteiger partial charge on any atom is 0.238 e. The molecule has 1 saturated heterocycles. The summed E-state index contributed by atoms with van der Waals surface area (Å²) >= 11 is 5.12. The number of thiocarbonyl (C=S) groups is 1. The Hall–Kier alpha value is -0.880. The molecular weight excluding hydrogens is 310 g/mol. The molecule has 1 heterocycles. The quantitative estimate of drug-likeness (QED) is 0.305. The van der Waals surface area contributed by atoms with Crippen LogP contribution in [0.25, 0.3) is 0 Å². The fourth-order valence-electron chi connectivity index (χ4n) is 2.66. The van der Waals surface area contributed by atoms with E-state index in [0.29, 0.717) is 18.1 Å². The van der Waals surface area contributed by atoms with Gasteiger partial charge in [-0.25, -0.2) is 0 Å². The van der Waals surface area contributed by atoms with Gasteiger partial charge in [-0.2, -0.15) is 0 Å². The van der Waals surface area contributed by atoms with Gasteiger partial charge in [0, 0.05) is 19.6 Å². The number of ether oxygens (including phenoxy) is 1. The topological polar surface area (TPSA) is 62.4 Å². The lowest BCUT2D eigenvalue weighted by Gasteiger charge is -2.14. The Balaban J connectivity index is 1.88. The van der Waals surface area contributed by atoms with Gasteiger partial charge in [-0.1, -0.05) is 51.9 Å². The molecule has 0 aromatic heterocycles. The second-order valence-electron chi connectivity index (χ2n) is 6.24. The summed E-state index contributed by atoms with van der Waals surface area (Å²) in [5.74, 6) is -0.00255. The SMILES string of the molecule is CCCCCCCCCCC(=O)NNC(=S)NCC1CCCO1. The molecule has 3 N–H and O–H groups in total. The summed E-state index contributed by atoms with van der Waals surface area (Å²) in [6, 6.07) is 0. The highest BCUT2D eigenvalue weighted by Gasteiger charge is 2.15. The van der Waals surface area contributed by atoms with E-state index in [-0.39, 0.29) is 12.0 Å². The fourth-order valence-corrected chi connectivity index (χ4v) is 2.80. The van der Waals surface area contributed by atoms with E-state index in [1.807, 2.05) is 0 Å². The Morgan fingerprint density at radius 3 is 2.43 bits per heavy atom. The summed E-state index contributed by atoms with van der Waals surface area (Å²) in [4.78, 5) is 11.7. The van der Waals surface area contributed by atoms with Gasteiger partial charge < -0.3 is 10.1 Å². The predicted octanol–water partition coefficient (Wildman–Crippen LogP) is 3.19. The first-order valence-corrected chi connectivity index (χ1v) is 9.57. The number of amides is 1. The van der Waals surface area contributed by atoms with E-state index >= 15 is 0 Å². The molecule has 6 heteroatoms. The first-order chi connectivity index (χ1) is 11.2. The maximum absolute atomic E-state index is 11.7. The van der Waals surface area contributed by atoms with Crippen molar-refractivity contribution in [3.63, 3.8) is 0 Å². The third-order valence-corrected chi connectivity index (χ3v) is 4.33. The number of hydrogen-bond donors (Lipinski definition) is 3. The van der Waals surface area contributed by atoms with Crippen molar-refractivity contribution < 1.29 is 9.53 Å². The van der Waals surface area contributed by atoms with Crippen LogP contribution in [-0.4, -0.2) is 30.3 Å². The van der Waals surface area contributed by atoms with Crippen molar-refractivity contribution in [3.8, 4) is 0 Å². The van der Waals surface area contributed by atoms with Crippen LogP contribution in [0.1, 0.15) is 77.6 Å². The lowest BCUT2D eigenvalue weighted by molar-refractivity contribution is -0.121. The van der Waals surface area contributed by atoms with Crippen LogP contribution in [-0.2, 0) is 9.53 Å². The third-order valence-electron chi connectivity index (χ3n) is 4.09. The molecule has 5 nitrogen and oxygen atoms in total. The van der Waals surface area contributed by atoms with E-state index in [0.717, 1.165) is 32.3 Å². The first kappa shape index (κ1) is 20.2. The van der Waals surface area contributed by atoms with Gasteiger partial charge >= 0.3 is 0 Å². The van der Waals surface area contributed by atoms with Crippen molar-refractivity contribution >= 4 is 23.2 Å². The van der Waals surface area contributed by atoms with Gasteiger partial charge in [0.25, 0.3) is 0 Å². The second kappa shape index (κ2) is 13.5. The highest BCUT2D eigenvalue weighted by Crippen LogP contribution is 2.10. The van der Waals surface area contributed by atoms with Crippen LogP contribution in [0.2, 0.25) is 0 Å². The van der Waals surface area contributed by atoms with E-state index < -0.39 is 0 Å². The van der Waals surface area contributed by atoms with Gasteiger partial charge in [0.05, 0.1) is 6.10 Å². The Labute approximate surface area is 146 Å². The number of rotatable bonds is 11. The zero-order valence-corrected chi connectivity index (χ0v) is 15.3. The molecule has 0 bridgehead atoms. The van der Waals surface area contributed by atoms with E-state index in [9.17, 15) is 4.79 Å². The summed E-state index contributed by atoms with van der Waals surface area (Å²) < 4.78 is 5.50. The molecule has 0 aromatic rings. The van der Waals surface area contributed by atoms with Crippen molar-refractivity contribution in [3.05, 3.63) is 0 Å². The van der Waals surface area contributed by atoms with Crippen LogP contribution in [0.3, 0.4) is 0 Å². The average molecular weight is 344 g/mol. The Morgan fingerprint density at radius 2 is 1.78 bits per heavy atom. The highest BCUT2D eigenvalue weighted by molar-refractivity contribution is 7.80. The number of hydrogen-bond acceptors (Lipinski definition) is 3. The highest BCUT2D eigenvalue weighted by atomic mass is 32.1.